The molecule has 52 valence electrons. The summed E-state index contributed by atoms with van der Waals surface area (Å²) in [5.41, 5.74) is 0. The average Bonchev–Trinajstić information content (AvgIpc) is 1.63. The fourth-order valence-electron chi connectivity index (χ4n) is 0.370. The van der Waals surface area contributed by atoms with Gasteiger partial charge in [-0.2, -0.15) is 0 Å². The first-order valence-corrected chi connectivity index (χ1v) is 3.53. The lowest BCUT2D eigenvalue weighted by atomic mass is 10.3. The van der Waals surface area contributed by atoms with Crippen LogP contribution in [-0.4, -0.2) is 28.4 Å². The Hall–Kier alpha value is -0.470. The van der Waals surface area contributed by atoms with Crippen LogP contribution < -0.4 is 0 Å². The molecule has 9 heavy (non-hydrogen) atoms. The summed E-state index contributed by atoms with van der Waals surface area (Å²) >= 11 is 0. The zero-order chi connectivity index (χ0) is 7.28. The third-order valence-electron chi connectivity index (χ3n) is 0.729. The van der Waals surface area contributed by atoms with Gasteiger partial charge in [0.05, 0.1) is 6.42 Å². The summed E-state index contributed by atoms with van der Waals surface area (Å²) in [6.07, 6.45) is -1.24. The molecule has 0 saturated carbocycles. The first-order chi connectivity index (χ1) is 4.16. The Kier molecular flexibility index (Phi) is 4.18. The Morgan fingerprint density at radius 2 is 2.22 bits per heavy atom. The van der Waals surface area contributed by atoms with E-state index in [2.05, 4.69) is 0 Å². The highest BCUT2D eigenvalue weighted by Gasteiger charge is 2.11. The topological polar surface area (TPSA) is 74.6 Å². The lowest BCUT2D eigenvalue weighted by Crippen LogP contribution is -2.13. The molecule has 0 bridgehead atoms. The second kappa shape index (κ2) is 4.41. The number of hydrogen-bond acceptors (Lipinski definition) is 3. The van der Waals surface area contributed by atoms with Gasteiger partial charge < -0.3 is 10.2 Å². The van der Waals surface area contributed by atoms with E-state index in [-0.39, 0.29) is 12.6 Å². The quantitative estimate of drug-likeness (QED) is 0.547. The van der Waals surface area contributed by atoms with Gasteiger partial charge in [0.2, 0.25) is 0 Å². The van der Waals surface area contributed by atoms with Crippen molar-refractivity contribution in [2.75, 3.05) is 6.16 Å². The second-order valence-electron chi connectivity index (χ2n) is 1.60. The summed E-state index contributed by atoms with van der Waals surface area (Å²) < 4.78 is 9.80. The van der Waals surface area contributed by atoms with Crippen molar-refractivity contribution in [3.05, 3.63) is 0 Å². The van der Waals surface area contributed by atoms with Crippen LogP contribution in [0.2, 0.25) is 0 Å². The highest BCUT2D eigenvalue weighted by atomic mass is 31.1. The van der Waals surface area contributed by atoms with E-state index in [9.17, 15) is 9.36 Å². The van der Waals surface area contributed by atoms with Crippen molar-refractivity contribution in [3.63, 3.8) is 0 Å². The normalized spacial score (nSPS) is 13.4. The summed E-state index contributed by atoms with van der Waals surface area (Å²) in [7, 11) is -0.626. The summed E-state index contributed by atoms with van der Waals surface area (Å²) in [5.74, 6) is -1.07. The minimum absolute atomic E-state index is 0.0479. The summed E-state index contributed by atoms with van der Waals surface area (Å²) in [6.45, 7) is 0. The number of aliphatic hydroxyl groups is 1. The predicted octanol–water partition coefficient (Wildman–Crippen LogP) is -0.154. The van der Waals surface area contributed by atoms with Crippen LogP contribution in [-0.2, 0) is 9.36 Å². The molecule has 0 amide bonds. The Balaban J connectivity index is 3.37. The number of carbonyl (C=O) groups is 1. The van der Waals surface area contributed by atoms with Crippen molar-refractivity contribution in [2.24, 2.45) is 0 Å². The van der Waals surface area contributed by atoms with Crippen molar-refractivity contribution in [2.45, 2.75) is 12.5 Å². The molecule has 0 saturated heterocycles. The molecular weight excluding hydrogens is 143 g/mol. The summed E-state index contributed by atoms with van der Waals surface area (Å²) in [4.78, 5) is 9.83. The molecule has 0 aliphatic heterocycles. The van der Waals surface area contributed by atoms with Gasteiger partial charge in [0.25, 0.3) is 0 Å². The highest BCUT2D eigenvalue weighted by Crippen LogP contribution is 1.99. The lowest BCUT2D eigenvalue weighted by molar-refractivity contribution is -0.138. The Bertz CT molecular complexity index is 113. The maximum atomic E-state index is 9.83. The second-order valence-corrected chi connectivity index (χ2v) is 2.30. The molecule has 0 aliphatic rings. The number of rotatable bonds is 4. The Morgan fingerprint density at radius 1 is 1.67 bits per heavy atom. The van der Waals surface area contributed by atoms with Crippen LogP contribution >= 0.6 is 8.46 Å². The zero-order valence-electron chi connectivity index (χ0n) is 4.70. The molecule has 5 heteroatoms. The smallest absolute Gasteiger partial charge is 0.327 e. The van der Waals surface area contributed by atoms with Gasteiger partial charge in [-0.1, -0.05) is 4.57 Å². The molecule has 0 heterocycles. The molecule has 0 spiro atoms. The van der Waals surface area contributed by atoms with Crippen LogP contribution in [0, 0.1) is 0 Å². The van der Waals surface area contributed by atoms with E-state index in [0.717, 1.165) is 0 Å². The fourth-order valence-corrected chi connectivity index (χ4v) is 0.707. The van der Waals surface area contributed by atoms with Crippen LogP contribution in [0.15, 0.2) is 0 Å². The molecule has 0 aromatic carbocycles. The molecule has 0 aromatic rings. The lowest BCUT2D eigenvalue weighted by Gasteiger charge is -1.95. The largest absolute Gasteiger partial charge is 0.481 e. The molecule has 0 aromatic heterocycles. The fraction of sp³-hybridized carbons (Fsp3) is 0.750. The molecule has 0 aliphatic carbocycles. The Morgan fingerprint density at radius 3 is 2.56 bits per heavy atom. The maximum absolute atomic E-state index is 9.83. The van der Waals surface area contributed by atoms with Crippen molar-refractivity contribution in [3.8, 4) is 0 Å². The van der Waals surface area contributed by atoms with Crippen LogP contribution in [0.1, 0.15) is 6.42 Å². The Labute approximate surface area is 53.7 Å². The van der Waals surface area contributed by atoms with Crippen LogP contribution in [0.3, 0.4) is 0 Å². The molecule has 2 atom stereocenters. The van der Waals surface area contributed by atoms with Gasteiger partial charge in [-0.25, -0.2) is 0 Å². The maximum Gasteiger partial charge on any atom is 0.327 e. The van der Waals surface area contributed by atoms with Gasteiger partial charge in [0.1, 0.15) is 6.10 Å². The number of hydrogen-bond donors (Lipinski definition) is 2. The van der Waals surface area contributed by atoms with E-state index in [1.165, 1.54) is 0 Å². The van der Waals surface area contributed by atoms with Crippen molar-refractivity contribution in [1.29, 1.82) is 0 Å². The van der Waals surface area contributed by atoms with Crippen LogP contribution in [0.5, 0.6) is 0 Å². The van der Waals surface area contributed by atoms with Gasteiger partial charge in [-0.15, -0.1) is 0 Å². The molecular formula is C4H8O4P+. The van der Waals surface area contributed by atoms with E-state index < -0.39 is 20.5 Å². The third-order valence-corrected chi connectivity index (χ3v) is 1.37. The third kappa shape index (κ3) is 5.40. The van der Waals surface area contributed by atoms with Crippen molar-refractivity contribution in [1.82, 2.24) is 0 Å². The molecule has 0 radical (unpaired) electrons. The average molecular weight is 151 g/mol. The van der Waals surface area contributed by atoms with E-state index in [1.54, 1.807) is 0 Å². The van der Waals surface area contributed by atoms with Crippen LogP contribution in [0.25, 0.3) is 0 Å². The monoisotopic (exact) mass is 151 g/mol. The van der Waals surface area contributed by atoms with Gasteiger partial charge in [0, 0.05) is 0 Å². The van der Waals surface area contributed by atoms with Crippen molar-refractivity contribution >= 4 is 14.4 Å². The van der Waals surface area contributed by atoms with E-state index in [0.29, 0.717) is 0 Å². The number of carboxylic acids is 1. The minimum Gasteiger partial charge on any atom is -0.481 e. The number of aliphatic carboxylic acids is 1. The van der Waals surface area contributed by atoms with Gasteiger partial charge in [-0.3, -0.25) is 4.79 Å². The first-order valence-electron chi connectivity index (χ1n) is 2.41. The first kappa shape index (κ1) is 8.53. The number of carboxylic acid groups (broad SMARTS) is 1. The molecule has 4 nitrogen and oxygen atoms in total. The standard InChI is InChI=1S/C4H7O4P/c5-3(2-9-8)1-4(6)7/h3,5H,1-2H2,(H,6,7)/p+1. The van der Waals surface area contributed by atoms with Gasteiger partial charge in [0.15, 0.2) is 6.16 Å². The minimum atomic E-state index is -1.07. The number of aliphatic hydroxyl groups excluding tert-OH is 1. The summed E-state index contributed by atoms with van der Waals surface area (Å²) in [6, 6.07) is 0. The molecule has 2 unspecified atom stereocenters. The van der Waals surface area contributed by atoms with Crippen LogP contribution in [0.4, 0.5) is 0 Å². The SMILES string of the molecule is O=[PH+]CC(O)CC(=O)O. The van der Waals surface area contributed by atoms with E-state index in [1.807, 2.05) is 0 Å². The molecule has 0 fully saturated rings. The highest BCUT2D eigenvalue weighted by molar-refractivity contribution is 7.23. The van der Waals surface area contributed by atoms with E-state index in [4.69, 9.17) is 10.2 Å². The van der Waals surface area contributed by atoms with E-state index >= 15 is 0 Å². The van der Waals surface area contributed by atoms with Crippen molar-refractivity contribution < 1.29 is 19.6 Å². The molecule has 0 rings (SSSR count). The summed E-state index contributed by atoms with van der Waals surface area (Å²) in [5, 5.41) is 16.7. The van der Waals surface area contributed by atoms with Gasteiger partial charge >= 0.3 is 14.4 Å². The predicted molar refractivity (Wildman–Crippen MR) is 32.1 cm³/mol. The molecule has 2 N–H and O–H groups in total. The zero-order valence-corrected chi connectivity index (χ0v) is 5.70. The van der Waals surface area contributed by atoms with Gasteiger partial charge in [-0.05, 0) is 0 Å².